The third-order valence-electron chi connectivity index (χ3n) is 4.32. The summed E-state index contributed by atoms with van der Waals surface area (Å²) < 4.78 is 17.8. The minimum absolute atomic E-state index is 0.00329. The summed E-state index contributed by atoms with van der Waals surface area (Å²) in [5.41, 5.74) is -0.741. The number of hydrogen-bond acceptors (Lipinski definition) is 7. The van der Waals surface area contributed by atoms with Crippen LogP contribution in [0.1, 0.15) is 34.6 Å². The number of nitrogens with zero attached hydrogens (tertiary/aromatic N) is 1. The van der Waals surface area contributed by atoms with Gasteiger partial charge in [0.2, 0.25) is 0 Å². The largest absolute Gasteiger partial charge is 0.391 e. The van der Waals surface area contributed by atoms with Crippen LogP contribution in [0.2, 0.25) is 0 Å². The van der Waals surface area contributed by atoms with Crippen LogP contribution in [0.5, 0.6) is 0 Å². The highest BCUT2D eigenvalue weighted by molar-refractivity contribution is 5.95. The molecule has 2 rings (SSSR count). The van der Waals surface area contributed by atoms with Gasteiger partial charge >= 0.3 is 0 Å². The van der Waals surface area contributed by atoms with E-state index in [4.69, 9.17) is 14.2 Å². The Morgan fingerprint density at radius 1 is 1.38 bits per heavy atom. The van der Waals surface area contributed by atoms with Crippen molar-refractivity contribution in [2.24, 2.45) is 0 Å². The first-order valence-electron chi connectivity index (χ1n) is 8.82. The van der Waals surface area contributed by atoms with Gasteiger partial charge in [-0.05, 0) is 34.6 Å². The highest BCUT2D eigenvalue weighted by atomic mass is 16.6. The van der Waals surface area contributed by atoms with E-state index in [1.54, 1.807) is 0 Å². The van der Waals surface area contributed by atoms with Crippen molar-refractivity contribution in [2.45, 2.75) is 70.9 Å². The van der Waals surface area contributed by atoms with Crippen molar-refractivity contribution in [2.75, 3.05) is 13.2 Å². The SMILES string of the molecule is C=C1NC(=O)C(CO)=CN1[C@@H]1O[C@](C)(COC(C)C)C(OC(C)C)[C@@H]1O. The van der Waals surface area contributed by atoms with Gasteiger partial charge in [0.25, 0.3) is 5.91 Å². The maximum atomic E-state index is 11.8. The van der Waals surface area contributed by atoms with Crippen molar-refractivity contribution >= 4 is 5.91 Å². The van der Waals surface area contributed by atoms with E-state index in [-0.39, 0.29) is 30.2 Å². The quantitative estimate of drug-likeness (QED) is 0.599. The smallest absolute Gasteiger partial charge is 0.256 e. The predicted octanol–water partition coefficient (Wildman–Crippen LogP) is 0.460. The van der Waals surface area contributed by atoms with Crippen LogP contribution in [0, 0.1) is 0 Å². The molecule has 1 amide bonds. The third-order valence-corrected chi connectivity index (χ3v) is 4.32. The minimum Gasteiger partial charge on any atom is -0.391 e. The van der Waals surface area contributed by atoms with Gasteiger partial charge in [0, 0.05) is 6.20 Å². The molecule has 4 atom stereocenters. The topological polar surface area (TPSA) is 100 Å². The lowest BCUT2D eigenvalue weighted by Crippen LogP contribution is -2.49. The molecule has 148 valence electrons. The van der Waals surface area contributed by atoms with E-state index in [0.717, 1.165) is 0 Å². The van der Waals surface area contributed by atoms with Crippen LogP contribution in [0.25, 0.3) is 0 Å². The second-order valence-electron chi connectivity index (χ2n) is 7.40. The number of nitrogens with one attached hydrogen (secondary N) is 1. The molecule has 0 bridgehead atoms. The molecule has 8 heteroatoms. The van der Waals surface area contributed by atoms with Crippen LogP contribution in [0.3, 0.4) is 0 Å². The van der Waals surface area contributed by atoms with E-state index in [9.17, 15) is 15.0 Å². The molecule has 26 heavy (non-hydrogen) atoms. The molecule has 1 saturated heterocycles. The Kier molecular flexibility index (Phi) is 6.46. The maximum Gasteiger partial charge on any atom is 0.256 e. The molecule has 8 nitrogen and oxygen atoms in total. The van der Waals surface area contributed by atoms with E-state index < -0.39 is 36.6 Å². The number of aliphatic hydroxyl groups is 2. The molecule has 2 aliphatic heterocycles. The van der Waals surface area contributed by atoms with Crippen molar-refractivity contribution in [3.8, 4) is 0 Å². The van der Waals surface area contributed by atoms with Crippen LogP contribution < -0.4 is 5.32 Å². The average molecular weight is 370 g/mol. The van der Waals surface area contributed by atoms with Gasteiger partial charge in [-0.3, -0.25) is 4.79 Å². The van der Waals surface area contributed by atoms with Crippen molar-refractivity contribution in [1.29, 1.82) is 0 Å². The van der Waals surface area contributed by atoms with Gasteiger partial charge < -0.3 is 34.6 Å². The molecule has 1 unspecified atom stereocenters. The first kappa shape index (κ1) is 20.9. The summed E-state index contributed by atoms with van der Waals surface area (Å²) in [6.07, 6.45) is -1.17. The summed E-state index contributed by atoms with van der Waals surface area (Å²) in [7, 11) is 0. The second kappa shape index (κ2) is 8.06. The van der Waals surface area contributed by atoms with Crippen LogP contribution in [-0.2, 0) is 19.0 Å². The number of hydrogen-bond donors (Lipinski definition) is 3. The van der Waals surface area contributed by atoms with Crippen molar-refractivity contribution in [3.05, 3.63) is 24.2 Å². The molecule has 3 N–H and O–H groups in total. The summed E-state index contributed by atoms with van der Waals surface area (Å²) in [6, 6.07) is 0. The molecular formula is C18H30N2O6. The normalized spacial score (nSPS) is 32.4. The Morgan fingerprint density at radius 3 is 2.58 bits per heavy atom. The van der Waals surface area contributed by atoms with Crippen molar-refractivity contribution in [1.82, 2.24) is 10.2 Å². The number of aliphatic hydroxyl groups excluding tert-OH is 2. The lowest BCUT2D eigenvalue weighted by molar-refractivity contribution is -0.160. The first-order valence-corrected chi connectivity index (χ1v) is 8.82. The van der Waals surface area contributed by atoms with E-state index in [1.165, 1.54) is 11.1 Å². The molecule has 0 aromatic rings. The summed E-state index contributed by atoms with van der Waals surface area (Å²) in [4.78, 5) is 13.3. The zero-order chi connectivity index (χ0) is 19.6. The fourth-order valence-corrected chi connectivity index (χ4v) is 3.03. The monoisotopic (exact) mass is 370 g/mol. The Hall–Kier alpha value is -1.45. The Morgan fingerprint density at radius 2 is 2.04 bits per heavy atom. The van der Waals surface area contributed by atoms with Gasteiger partial charge in [-0.15, -0.1) is 0 Å². The van der Waals surface area contributed by atoms with Gasteiger partial charge in [-0.2, -0.15) is 0 Å². The van der Waals surface area contributed by atoms with Crippen LogP contribution in [0.4, 0.5) is 0 Å². The maximum absolute atomic E-state index is 11.8. The predicted molar refractivity (Wildman–Crippen MR) is 94.7 cm³/mol. The van der Waals surface area contributed by atoms with Crippen LogP contribution in [0.15, 0.2) is 24.2 Å². The van der Waals surface area contributed by atoms with E-state index in [0.29, 0.717) is 0 Å². The van der Waals surface area contributed by atoms with E-state index in [1.807, 2.05) is 34.6 Å². The molecule has 0 aliphatic carbocycles. The Balaban J connectivity index is 2.30. The second-order valence-corrected chi connectivity index (χ2v) is 7.40. The minimum atomic E-state index is -1.01. The van der Waals surface area contributed by atoms with E-state index in [2.05, 4.69) is 11.9 Å². The number of rotatable bonds is 7. The Bertz CT molecular complexity index is 576. The zero-order valence-corrected chi connectivity index (χ0v) is 16.1. The third kappa shape index (κ3) is 4.27. The molecule has 0 aromatic carbocycles. The highest BCUT2D eigenvalue weighted by Crippen LogP contribution is 2.37. The fourth-order valence-electron chi connectivity index (χ4n) is 3.03. The molecule has 2 heterocycles. The Labute approximate surface area is 154 Å². The molecule has 0 radical (unpaired) electrons. The number of ether oxygens (including phenoxy) is 3. The lowest BCUT2D eigenvalue weighted by atomic mass is 9.97. The van der Waals surface area contributed by atoms with Gasteiger partial charge in [0.1, 0.15) is 23.6 Å². The molecule has 0 aromatic heterocycles. The molecule has 1 fully saturated rings. The van der Waals surface area contributed by atoms with Gasteiger partial charge in [0.05, 0.1) is 31.0 Å². The summed E-state index contributed by atoms with van der Waals surface area (Å²) in [5, 5.41) is 22.8. The average Bonchev–Trinajstić information content (AvgIpc) is 2.78. The summed E-state index contributed by atoms with van der Waals surface area (Å²) in [6.45, 7) is 13.0. The van der Waals surface area contributed by atoms with Gasteiger partial charge in [0.15, 0.2) is 6.23 Å². The summed E-state index contributed by atoms with van der Waals surface area (Å²) >= 11 is 0. The number of carbonyl (C=O) groups is 1. The fraction of sp³-hybridized carbons (Fsp3) is 0.722. The van der Waals surface area contributed by atoms with Crippen LogP contribution >= 0.6 is 0 Å². The standard InChI is InChI=1S/C18H30N2O6/c1-10(2)24-9-18(6)15(25-11(3)4)14(22)17(26-18)20-7-13(8-21)16(23)19-12(20)5/h7,10-11,14-15,17,21-22H,5,8-9H2,1-4,6H3,(H,19,23)/t14-,15?,17+,18+/m0/s1. The van der Waals surface area contributed by atoms with E-state index >= 15 is 0 Å². The molecule has 2 aliphatic rings. The lowest BCUT2D eigenvalue weighted by Gasteiger charge is -2.35. The summed E-state index contributed by atoms with van der Waals surface area (Å²) in [5.74, 6) is -0.171. The molecule has 0 saturated carbocycles. The van der Waals surface area contributed by atoms with Gasteiger partial charge in [-0.1, -0.05) is 6.58 Å². The first-order chi connectivity index (χ1) is 12.1. The highest BCUT2D eigenvalue weighted by Gasteiger charge is 2.55. The number of amides is 1. The molecular weight excluding hydrogens is 340 g/mol. The van der Waals surface area contributed by atoms with Crippen molar-refractivity contribution < 1.29 is 29.2 Å². The van der Waals surface area contributed by atoms with Gasteiger partial charge in [-0.25, -0.2) is 0 Å². The molecule has 0 spiro atoms. The number of carbonyl (C=O) groups excluding carboxylic acids is 1. The zero-order valence-electron chi connectivity index (χ0n) is 16.1. The van der Waals surface area contributed by atoms with Crippen LogP contribution in [-0.4, -0.2) is 70.5 Å². The van der Waals surface area contributed by atoms with Crippen molar-refractivity contribution in [3.63, 3.8) is 0 Å².